The van der Waals surface area contributed by atoms with E-state index in [9.17, 15) is 0 Å². The van der Waals surface area contributed by atoms with Gasteiger partial charge in [0, 0.05) is 0 Å². The molecule has 0 rings (SSSR count). The van der Waals surface area contributed by atoms with Gasteiger partial charge in [0.25, 0.3) is 0 Å². The minimum Gasteiger partial charge on any atom is -0.652 e. The zero-order chi connectivity index (χ0) is 7.86. The summed E-state index contributed by atoms with van der Waals surface area (Å²) >= 11 is 0. The summed E-state index contributed by atoms with van der Waals surface area (Å²) in [6, 6.07) is 0. The molecule has 0 unspecified atom stereocenters. The molecular formula is C6H10O3-2. The largest absolute Gasteiger partial charge is 0.652 e. The fourth-order valence-electron chi connectivity index (χ4n) is 0. The molecule has 0 aromatic carbocycles. The van der Waals surface area contributed by atoms with E-state index < -0.39 is 6.16 Å². The number of carboxylic acid groups (broad SMARTS) is 2. The number of allylic oxidation sites excluding steroid dienone is 1. The van der Waals surface area contributed by atoms with Crippen LogP contribution < -0.4 is 10.2 Å². The highest BCUT2D eigenvalue weighted by Crippen LogP contribution is 1.87. The normalized spacial score (nSPS) is 7.44. The lowest BCUT2D eigenvalue weighted by atomic mass is 10.2. The van der Waals surface area contributed by atoms with Crippen molar-refractivity contribution < 1.29 is 15.0 Å². The molecule has 0 saturated heterocycles. The molecule has 54 valence electrons. The average Bonchev–Trinajstić information content (AvgIpc) is 1.65. The van der Waals surface area contributed by atoms with E-state index in [4.69, 9.17) is 15.0 Å². The van der Waals surface area contributed by atoms with Gasteiger partial charge >= 0.3 is 0 Å². The maximum Gasteiger partial charge on any atom is -0.0293 e. The van der Waals surface area contributed by atoms with Crippen molar-refractivity contribution in [2.45, 2.75) is 13.8 Å². The van der Waals surface area contributed by atoms with E-state index in [1.165, 1.54) is 0 Å². The van der Waals surface area contributed by atoms with Gasteiger partial charge in [-0.05, 0) is 12.1 Å². The van der Waals surface area contributed by atoms with Gasteiger partial charge in [-0.3, -0.25) is 0 Å². The summed E-state index contributed by atoms with van der Waals surface area (Å²) in [6.07, 6.45) is -0.417. The average molecular weight is 130 g/mol. The second-order valence-electron chi connectivity index (χ2n) is 1.73. The van der Waals surface area contributed by atoms with Gasteiger partial charge in [-0.25, -0.2) is 0 Å². The third-order valence-corrected chi connectivity index (χ3v) is 0.471. The Labute approximate surface area is 54.6 Å². The number of hydrogen-bond acceptors (Lipinski definition) is 3. The molecule has 0 fully saturated rings. The summed E-state index contributed by atoms with van der Waals surface area (Å²) in [6.45, 7) is 7.77. The lowest BCUT2D eigenvalue weighted by Crippen LogP contribution is -2.37. The van der Waals surface area contributed by atoms with Crippen LogP contribution in [0.5, 0.6) is 0 Å². The second-order valence-corrected chi connectivity index (χ2v) is 1.73. The summed E-state index contributed by atoms with van der Waals surface area (Å²) in [5, 5.41) is 16.7. The highest BCUT2D eigenvalue weighted by Gasteiger charge is 1.73. The fourth-order valence-corrected chi connectivity index (χ4v) is 0. The Morgan fingerprint density at radius 1 is 1.56 bits per heavy atom. The molecule has 0 aromatic heterocycles. The van der Waals surface area contributed by atoms with Crippen molar-refractivity contribution in [3.63, 3.8) is 0 Å². The van der Waals surface area contributed by atoms with Crippen LogP contribution in [0.2, 0.25) is 0 Å². The first-order chi connectivity index (χ1) is 4.00. The third-order valence-electron chi connectivity index (χ3n) is 0.471. The number of carbonyl (C=O) groups excluding carboxylic acids is 1. The van der Waals surface area contributed by atoms with E-state index in [1.54, 1.807) is 0 Å². The minimum atomic E-state index is -2.33. The third kappa shape index (κ3) is 172. The standard InChI is InChI=1S/C5H10.CH2O3/c1-4-5(2)3;2-1(3)4/h4-5H,1H2,2-3H3;(H2,2,3,4)/p-2. The molecule has 0 atom stereocenters. The molecule has 0 N–H and O–H groups in total. The van der Waals surface area contributed by atoms with Crippen molar-refractivity contribution in [2.75, 3.05) is 0 Å². The van der Waals surface area contributed by atoms with Gasteiger partial charge in [0.2, 0.25) is 0 Å². The number of hydrogen-bond donors (Lipinski definition) is 0. The van der Waals surface area contributed by atoms with Crippen LogP contribution in [0, 0.1) is 5.92 Å². The summed E-state index contributed by atoms with van der Waals surface area (Å²) in [7, 11) is 0. The predicted octanol–water partition coefficient (Wildman–Crippen LogP) is -0.619. The van der Waals surface area contributed by atoms with Crippen LogP contribution in [0.4, 0.5) is 4.79 Å². The molecule has 3 nitrogen and oxygen atoms in total. The van der Waals surface area contributed by atoms with Crippen molar-refractivity contribution in [1.29, 1.82) is 0 Å². The topological polar surface area (TPSA) is 63.2 Å². The molecule has 0 aliphatic rings. The molecular weight excluding hydrogens is 120 g/mol. The lowest BCUT2D eigenvalue weighted by Gasteiger charge is -1.96. The van der Waals surface area contributed by atoms with Crippen LogP contribution in [-0.2, 0) is 0 Å². The molecule has 0 radical (unpaired) electrons. The molecule has 0 aliphatic carbocycles. The van der Waals surface area contributed by atoms with Crippen LogP contribution in [0.3, 0.4) is 0 Å². The summed E-state index contributed by atoms with van der Waals surface area (Å²) in [5.74, 6) is 0.648. The maximum atomic E-state index is 8.33. The Hall–Kier alpha value is -0.990. The summed E-state index contributed by atoms with van der Waals surface area (Å²) < 4.78 is 0. The van der Waals surface area contributed by atoms with Crippen LogP contribution in [0.1, 0.15) is 13.8 Å². The number of rotatable bonds is 1. The Morgan fingerprint density at radius 2 is 1.67 bits per heavy atom. The molecule has 0 amide bonds. The van der Waals surface area contributed by atoms with Gasteiger partial charge in [0.1, 0.15) is 0 Å². The first-order valence-electron chi connectivity index (χ1n) is 2.51. The van der Waals surface area contributed by atoms with E-state index in [-0.39, 0.29) is 0 Å². The van der Waals surface area contributed by atoms with Crippen molar-refractivity contribution in [3.05, 3.63) is 12.7 Å². The first kappa shape index (κ1) is 10.9. The van der Waals surface area contributed by atoms with E-state index in [1.807, 2.05) is 6.08 Å². The van der Waals surface area contributed by atoms with Crippen LogP contribution in [0.15, 0.2) is 12.7 Å². The highest BCUT2D eigenvalue weighted by atomic mass is 16.6. The van der Waals surface area contributed by atoms with E-state index in [2.05, 4.69) is 20.4 Å². The zero-order valence-electron chi connectivity index (χ0n) is 5.59. The van der Waals surface area contributed by atoms with Gasteiger partial charge in [0.15, 0.2) is 0 Å². The van der Waals surface area contributed by atoms with Gasteiger partial charge < -0.3 is 15.0 Å². The molecule has 0 aliphatic heterocycles. The Bertz CT molecular complexity index is 82.3. The maximum absolute atomic E-state index is 8.33. The smallest absolute Gasteiger partial charge is 0.0293 e. The molecule has 0 heterocycles. The molecule has 9 heavy (non-hydrogen) atoms. The Kier molecular flexibility index (Phi) is 8.49. The van der Waals surface area contributed by atoms with Gasteiger partial charge in [0.05, 0.1) is 0 Å². The predicted molar refractivity (Wildman–Crippen MR) is 30.4 cm³/mol. The molecule has 3 heteroatoms. The number of carbonyl (C=O) groups is 1. The van der Waals surface area contributed by atoms with Crippen molar-refractivity contribution in [3.8, 4) is 0 Å². The van der Waals surface area contributed by atoms with Gasteiger partial charge in [-0.2, -0.15) is 0 Å². The van der Waals surface area contributed by atoms with Crippen LogP contribution in [0.25, 0.3) is 0 Å². The van der Waals surface area contributed by atoms with Gasteiger partial charge in [-0.15, -0.1) is 6.58 Å². The highest BCUT2D eigenvalue weighted by molar-refractivity contribution is 5.47. The SMILES string of the molecule is C=CC(C)C.O=C([O-])[O-]. The monoisotopic (exact) mass is 130 g/mol. The molecule has 0 bridgehead atoms. The molecule has 0 spiro atoms. The fraction of sp³-hybridized carbons (Fsp3) is 0.500. The van der Waals surface area contributed by atoms with Crippen molar-refractivity contribution in [2.24, 2.45) is 5.92 Å². The molecule has 0 saturated carbocycles. The van der Waals surface area contributed by atoms with Crippen LogP contribution >= 0.6 is 0 Å². The van der Waals surface area contributed by atoms with E-state index in [0.717, 1.165) is 0 Å². The van der Waals surface area contributed by atoms with Gasteiger partial charge in [-0.1, -0.05) is 19.9 Å². The Balaban J connectivity index is 0. The Morgan fingerprint density at radius 3 is 1.67 bits per heavy atom. The quantitative estimate of drug-likeness (QED) is 0.444. The van der Waals surface area contributed by atoms with E-state index in [0.29, 0.717) is 5.92 Å². The molecule has 0 aromatic rings. The summed E-state index contributed by atoms with van der Waals surface area (Å²) in [5.41, 5.74) is 0. The van der Waals surface area contributed by atoms with Crippen molar-refractivity contribution >= 4 is 6.16 Å². The first-order valence-corrected chi connectivity index (χ1v) is 2.51. The van der Waals surface area contributed by atoms with Crippen LogP contribution in [-0.4, -0.2) is 6.16 Å². The zero-order valence-corrected chi connectivity index (χ0v) is 5.59. The second kappa shape index (κ2) is 7.01. The minimum absolute atomic E-state index is 0.648. The van der Waals surface area contributed by atoms with E-state index >= 15 is 0 Å². The lowest BCUT2D eigenvalue weighted by molar-refractivity contribution is -0.415. The van der Waals surface area contributed by atoms with Crippen molar-refractivity contribution in [1.82, 2.24) is 0 Å². The summed E-state index contributed by atoms with van der Waals surface area (Å²) in [4.78, 5) is 8.33.